The average Bonchev–Trinajstić information content (AvgIpc) is 2.79. The van der Waals surface area contributed by atoms with Crippen molar-refractivity contribution in [1.29, 1.82) is 0 Å². The number of fused-ring (bicyclic) bond motifs is 1. The molecule has 2 heterocycles. The zero-order chi connectivity index (χ0) is 14.9. The second kappa shape index (κ2) is 5.13. The summed E-state index contributed by atoms with van der Waals surface area (Å²) in [5.41, 5.74) is -0.155. The minimum Gasteiger partial charge on any atom is -0.480 e. The molecule has 104 valence electrons. The van der Waals surface area contributed by atoms with E-state index >= 15 is 0 Å². The Balaban J connectivity index is 2.70. The quantitative estimate of drug-likeness (QED) is 0.748. The van der Waals surface area contributed by atoms with Gasteiger partial charge in [0.05, 0.1) is 10.9 Å². The molecule has 2 rings (SSSR count). The average molecular weight is 297 g/mol. The Morgan fingerprint density at radius 2 is 1.90 bits per heavy atom. The lowest BCUT2D eigenvalue weighted by Crippen LogP contribution is -2.13. The van der Waals surface area contributed by atoms with Gasteiger partial charge in [-0.05, 0) is 0 Å². The summed E-state index contributed by atoms with van der Waals surface area (Å²) < 4.78 is 4.95. The fourth-order valence-electron chi connectivity index (χ4n) is 1.58. The SMILES string of the molecule is O=C(O)COc1c(C(=O)O)cnc2csc(C(=O)O)c12. The molecule has 0 atom stereocenters. The normalized spacial score (nSPS) is 10.4. The van der Waals surface area contributed by atoms with Crippen LogP contribution in [0, 0.1) is 0 Å². The third-order valence-corrected chi connectivity index (χ3v) is 3.30. The smallest absolute Gasteiger partial charge is 0.346 e. The molecule has 3 N–H and O–H groups in total. The van der Waals surface area contributed by atoms with Crippen LogP contribution in [0.3, 0.4) is 0 Å². The van der Waals surface area contributed by atoms with Gasteiger partial charge in [0.25, 0.3) is 0 Å². The Bertz CT molecular complexity index is 721. The Labute approximate surface area is 114 Å². The maximum Gasteiger partial charge on any atom is 0.346 e. The summed E-state index contributed by atoms with van der Waals surface area (Å²) in [6, 6.07) is 0. The molecule has 0 amide bonds. The second-order valence-corrected chi connectivity index (χ2v) is 4.50. The van der Waals surface area contributed by atoms with Gasteiger partial charge in [0.15, 0.2) is 6.61 Å². The summed E-state index contributed by atoms with van der Waals surface area (Å²) in [7, 11) is 0. The van der Waals surface area contributed by atoms with E-state index in [0.29, 0.717) is 0 Å². The molecule has 0 aliphatic rings. The van der Waals surface area contributed by atoms with E-state index in [2.05, 4.69) is 4.98 Å². The highest BCUT2D eigenvalue weighted by Crippen LogP contribution is 2.35. The number of ether oxygens (including phenoxy) is 1. The molecule has 0 unspecified atom stereocenters. The third kappa shape index (κ3) is 2.38. The van der Waals surface area contributed by atoms with Crippen LogP contribution in [0.5, 0.6) is 5.75 Å². The van der Waals surface area contributed by atoms with Gasteiger partial charge in [-0.2, -0.15) is 0 Å². The van der Waals surface area contributed by atoms with E-state index in [1.54, 1.807) is 0 Å². The van der Waals surface area contributed by atoms with Crippen molar-refractivity contribution >= 4 is 40.1 Å². The highest BCUT2D eigenvalue weighted by atomic mass is 32.1. The van der Waals surface area contributed by atoms with Crippen LogP contribution in [0.2, 0.25) is 0 Å². The van der Waals surface area contributed by atoms with E-state index in [4.69, 9.17) is 20.1 Å². The summed E-state index contributed by atoms with van der Waals surface area (Å²) in [5.74, 6) is -4.27. The zero-order valence-corrected chi connectivity index (χ0v) is 10.5. The van der Waals surface area contributed by atoms with Gasteiger partial charge in [-0.3, -0.25) is 4.98 Å². The van der Waals surface area contributed by atoms with E-state index in [0.717, 1.165) is 17.5 Å². The van der Waals surface area contributed by atoms with E-state index in [1.165, 1.54) is 5.38 Å². The number of aliphatic carboxylic acids is 1. The standard InChI is InChI=1S/C11H7NO7S/c13-6(14)2-19-8-4(10(15)16)1-12-5-3-20-9(7(5)8)11(17)18/h1,3H,2H2,(H,13,14)(H,15,16)(H,17,18). The topological polar surface area (TPSA) is 134 Å². The van der Waals surface area contributed by atoms with Gasteiger partial charge in [0, 0.05) is 11.6 Å². The van der Waals surface area contributed by atoms with E-state index in [1.807, 2.05) is 0 Å². The van der Waals surface area contributed by atoms with Crippen molar-refractivity contribution in [2.75, 3.05) is 6.61 Å². The molecule has 2 aromatic rings. The van der Waals surface area contributed by atoms with Crippen molar-refractivity contribution < 1.29 is 34.4 Å². The summed E-state index contributed by atoms with van der Waals surface area (Å²) in [6.07, 6.45) is 1.00. The number of hydrogen-bond acceptors (Lipinski definition) is 6. The molecule has 0 spiro atoms. The van der Waals surface area contributed by atoms with Crippen LogP contribution < -0.4 is 4.74 Å². The number of pyridine rings is 1. The maximum atomic E-state index is 11.1. The van der Waals surface area contributed by atoms with Crippen LogP contribution in [0.1, 0.15) is 20.0 Å². The predicted molar refractivity (Wildman–Crippen MR) is 66.7 cm³/mol. The van der Waals surface area contributed by atoms with Crippen molar-refractivity contribution in [2.24, 2.45) is 0 Å². The Hall–Kier alpha value is -2.68. The number of carboxylic acid groups (broad SMARTS) is 3. The third-order valence-electron chi connectivity index (χ3n) is 2.34. The number of carboxylic acids is 3. The largest absolute Gasteiger partial charge is 0.480 e. The Kier molecular flexibility index (Phi) is 3.53. The molecule has 8 nitrogen and oxygen atoms in total. The lowest BCUT2D eigenvalue weighted by atomic mass is 10.1. The molecule has 0 radical (unpaired) electrons. The Morgan fingerprint density at radius 3 is 2.45 bits per heavy atom. The molecule has 2 aromatic heterocycles. The van der Waals surface area contributed by atoms with Crippen LogP contribution in [0.15, 0.2) is 11.6 Å². The highest BCUT2D eigenvalue weighted by molar-refractivity contribution is 7.13. The number of aromatic nitrogens is 1. The fraction of sp³-hybridized carbons (Fsp3) is 0.0909. The predicted octanol–water partition coefficient (Wildman–Crippen LogP) is 1.16. The second-order valence-electron chi connectivity index (χ2n) is 3.62. The number of hydrogen-bond donors (Lipinski definition) is 3. The van der Waals surface area contributed by atoms with Gasteiger partial charge >= 0.3 is 17.9 Å². The van der Waals surface area contributed by atoms with Crippen molar-refractivity contribution in [3.63, 3.8) is 0 Å². The lowest BCUT2D eigenvalue weighted by molar-refractivity contribution is -0.139. The first-order valence-electron chi connectivity index (χ1n) is 5.13. The van der Waals surface area contributed by atoms with Crippen molar-refractivity contribution in [1.82, 2.24) is 4.98 Å². The zero-order valence-electron chi connectivity index (χ0n) is 9.69. The van der Waals surface area contributed by atoms with Gasteiger partial charge in [-0.1, -0.05) is 0 Å². The minimum absolute atomic E-state index is 0.0105. The molecule has 0 bridgehead atoms. The van der Waals surface area contributed by atoms with E-state index < -0.39 is 24.5 Å². The van der Waals surface area contributed by atoms with Gasteiger partial charge in [-0.25, -0.2) is 14.4 Å². The minimum atomic E-state index is -1.39. The van der Waals surface area contributed by atoms with E-state index in [9.17, 15) is 14.4 Å². The van der Waals surface area contributed by atoms with Crippen LogP contribution >= 0.6 is 11.3 Å². The van der Waals surface area contributed by atoms with Crippen molar-refractivity contribution in [2.45, 2.75) is 0 Å². The van der Waals surface area contributed by atoms with Crippen molar-refractivity contribution in [3.05, 3.63) is 22.0 Å². The molecule has 0 aromatic carbocycles. The van der Waals surface area contributed by atoms with Gasteiger partial charge in [0.2, 0.25) is 0 Å². The number of aromatic carboxylic acids is 2. The molecule has 0 fully saturated rings. The first-order chi connectivity index (χ1) is 9.41. The molecule has 0 aliphatic heterocycles. The summed E-state index contributed by atoms with van der Waals surface area (Å²) in [5, 5.41) is 28.1. The molecule has 0 saturated heterocycles. The summed E-state index contributed by atoms with van der Waals surface area (Å²) >= 11 is 0.857. The number of thiophene rings is 1. The fourth-order valence-corrected chi connectivity index (χ4v) is 2.41. The molecular formula is C11H7NO7S. The molecule has 0 aliphatic carbocycles. The molecular weight excluding hydrogens is 290 g/mol. The first-order valence-corrected chi connectivity index (χ1v) is 6.01. The van der Waals surface area contributed by atoms with Crippen LogP contribution in [-0.2, 0) is 4.79 Å². The van der Waals surface area contributed by atoms with Gasteiger partial charge < -0.3 is 20.1 Å². The number of nitrogens with zero attached hydrogens (tertiary/aromatic N) is 1. The summed E-state index contributed by atoms with van der Waals surface area (Å²) in [6.45, 7) is -0.783. The van der Waals surface area contributed by atoms with Crippen LogP contribution in [0.25, 0.3) is 10.9 Å². The van der Waals surface area contributed by atoms with E-state index in [-0.39, 0.29) is 27.1 Å². The monoisotopic (exact) mass is 297 g/mol. The number of carbonyl (C=O) groups is 3. The van der Waals surface area contributed by atoms with Gasteiger partial charge in [-0.15, -0.1) is 11.3 Å². The molecule has 0 saturated carbocycles. The van der Waals surface area contributed by atoms with Gasteiger partial charge in [0.1, 0.15) is 16.2 Å². The summed E-state index contributed by atoms with van der Waals surface area (Å²) in [4.78, 5) is 36.4. The number of rotatable bonds is 5. The Morgan fingerprint density at radius 1 is 1.20 bits per heavy atom. The molecule has 20 heavy (non-hydrogen) atoms. The van der Waals surface area contributed by atoms with Crippen LogP contribution in [0.4, 0.5) is 0 Å². The highest BCUT2D eigenvalue weighted by Gasteiger charge is 2.23. The lowest BCUT2D eigenvalue weighted by Gasteiger charge is -2.08. The van der Waals surface area contributed by atoms with Crippen LogP contribution in [-0.4, -0.2) is 44.8 Å². The maximum absolute atomic E-state index is 11.1. The first kappa shape index (κ1) is 13.7. The van der Waals surface area contributed by atoms with Crippen molar-refractivity contribution in [3.8, 4) is 5.75 Å². The molecule has 9 heteroatoms.